The number of rotatable bonds is 7. The number of nitro benzene ring substituents is 1. The summed E-state index contributed by atoms with van der Waals surface area (Å²) in [5.74, 6) is -1.58. The van der Waals surface area contributed by atoms with E-state index in [1.165, 1.54) is 0 Å². The van der Waals surface area contributed by atoms with E-state index in [9.17, 15) is 32.7 Å². The van der Waals surface area contributed by atoms with Gasteiger partial charge in [0, 0.05) is 18.7 Å². The third kappa shape index (κ3) is 4.21. The molecule has 0 atom stereocenters. The number of non-ortho nitro benzene ring substituents is 1. The lowest BCUT2D eigenvalue weighted by Gasteiger charge is -2.15. The summed E-state index contributed by atoms with van der Waals surface area (Å²) in [6.45, 7) is -0.653. The molecule has 0 bridgehead atoms. The van der Waals surface area contributed by atoms with Gasteiger partial charge in [0.1, 0.15) is 10.6 Å². The van der Waals surface area contributed by atoms with Gasteiger partial charge in [-0.1, -0.05) is 0 Å². The molecule has 1 heterocycles. The smallest absolute Gasteiger partial charge is 0.337 e. The molecule has 0 saturated carbocycles. The number of anilines is 1. The van der Waals surface area contributed by atoms with Crippen molar-refractivity contribution < 1.29 is 37.3 Å². The Hall–Kier alpha value is -3.03. The summed E-state index contributed by atoms with van der Waals surface area (Å²) in [5, 5.41) is 22.3. The van der Waals surface area contributed by atoms with Crippen LogP contribution in [-0.2, 0) is 24.4 Å². The molecule has 27 heavy (non-hydrogen) atoms. The molecule has 0 spiro atoms. The normalized spacial score (nSPS) is 14.5. The van der Waals surface area contributed by atoms with Crippen molar-refractivity contribution in [2.45, 2.75) is 4.90 Å². The van der Waals surface area contributed by atoms with Crippen LogP contribution in [0, 0.1) is 10.1 Å². The number of esters is 1. The number of amides is 1. The first-order chi connectivity index (χ1) is 12.6. The van der Waals surface area contributed by atoms with Crippen LogP contribution in [0.3, 0.4) is 0 Å². The fourth-order valence-corrected chi connectivity index (χ4v) is 3.09. The second-order valence-corrected chi connectivity index (χ2v) is 6.72. The number of methoxy groups -OCH3 is 1. The predicted octanol–water partition coefficient (Wildman–Crippen LogP) is -0.485. The zero-order chi connectivity index (χ0) is 20.4. The van der Waals surface area contributed by atoms with Crippen LogP contribution < -0.4 is 5.32 Å². The number of nitrogens with zero attached hydrogens (tertiary/aromatic N) is 2. The first-order valence-corrected chi connectivity index (χ1v) is 8.78. The Morgan fingerprint density at radius 1 is 1.44 bits per heavy atom. The molecule has 1 aliphatic rings. The van der Waals surface area contributed by atoms with Gasteiger partial charge in [-0.05, 0) is 6.07 Å². The molecule has 1 aliphatic heterocycles. The first-order valence-electron chi connectivity index (χ1n) is 7.34. The molecule has 146 valence electrons. The maximum atomic E-state index is 12.4. The molecule has 12 nitrogen and oxygen atoms in total. The van der Waals surface area contributed by atoms with E-state index in [4.69, 9.17) is 5.11 Å². The standard InChI is InChI=1S/C14H15N3O9S/c1-26-14(20)9-7-16(4-5-18)13(19)12(9)15-10-3-2-8(17(21)22)6-11(10)27(23,24)25/h2-3,6,15,18H,4-5,7H2,1H3,(H,23,24,25). The zero-order valence-electron chi connectivity index (χ0n) is 13.9. The number of ether oxygens (including phenoxy) is 1. The number of aliphatic hydroxyl groups is 1. The number of hydrogen-bond donors (Lipinski definition) is 3. The lowest BCUT2D eigenvalue weighted by Crippen LogP contribution is -2.31. The van der Waals surface area contributed by atoms with Crippen molar-refractivity contribution in [2.75, 3.05) is 32.1 Å². The molecule has 0 fully saturated rings. The van der Waals surface area contributed by atoms with E-state index in [2.05, 4.69) is 10.1 Å². The van der Waals surface area contributed by atoms with Crippen molar-refractivity contribution in [1.82, 2.24) is 4.90 Å². The van der Waals surface area contributed by atoms with E-state index >= 15 is 0 Å². The maximum absolute atomic E-state index is 12.4. The number of aliphatic hydroxyl groups excluding tert-OH is 1. The molecule has 0 aromatic heterocycles. The number of carbonyl (C=O) groups excluding carboxylic acids is 2. The fourth-order valence-electron chi connectivity index (χ4n) is 2.42. The number of β-amino-alcohol motifs (C(OH)–C–C–N with tert-alkyl or cyclic N) is 1. The minimum Gasteiger partial charge on any atom is -0.466 e. The molecule has 0 unspecified atom stereocenters. The van der Waals surface area contributed by atoms with Crippen LogP contribution in [-0.4, -0.2) is 66.6 Å². The van der Waals surface area contributed by atoms with Crippen LogP contribution in [0.25, 0.3) is 0 Å². The van der Waals surface area contributed by atoms with E-state index in [1.54, 1.807) is 0 Å². The SMILES string of the molecule is COC(=O)C1=C(Nc2ccc([N+](=O)[O-])cc2S(=O)(=O)O)C(=O)N(CCO)C1. The quantitative estimate of drug-likeness (QED) is 0.234. The molecule has 3 N–H and O–H groups in total. The van der Waals surface area contributed by atoms with Gasteiger partial charge in [0.05, 0.1) is 36.4 Å². The van der Waals surface area contributed by atoms with E-state index in [0.29, 0.717) is 6.07 Å². The van der Waals surface area contributed by atoms with Crippen LogP contribution >= 0.6 is 0 Å². The maximum Gasteiger partial charge on any atom is 0.337 e. The summed E-state index contributed by atoms with van der Waals surface area (Å²) in [4.78, 5) is 34.6. The van der Waals surface area contributed by atoms with Gasteiger partial charge in [-0.15, -0.1) is 0 Å². The number of nitro groups is 1. The summed E-state index contributed by atoms with van der Waals surface area (Å²) < 4.78 is 37.1. The Balaban J connectivity index is 2.54. The summed E-state index contributed by atoms with van der Waals surface area (Å²) in [6, 6.07) is 2.55. The minimum absolute atomic E-state index is 0.0874. The average molecular weight is 401 g/mol. The topological polar surface area (TPSA) is 176 Å². The zero-order valence-corrected chi connectivity index (χ0v) is 14.7. The number of nitrogens with one attached hydrogen (secondary N) is 1. The van der Waals surface area contributed by atoms with Gasteiger partial charge in [-0.3, -0.25) is 19.5 Å². The molecular weight excluding hydrogens is 386 g/mol. The highest BCUT2D eigenvalue weighted by Gasteiger charge is 2.35. The van der Waals surface area contributed by atoms with Crippen molar-refractivity contribution >= 4 is 33.4 Å². The van der Waals surface area contributed by atoms with Crippen molar-refractivity contribution in [3.8, 4) is 0 Å². The van der Waals surface area contributed by atoms with E-state index in [0.717, 1.165) is 24.1 Å². The second kappa shape index (κ2) is 7.69. The fraction of sp³-hybridized carbons (Fsp3) is 0.286. The Bertz CT molecular complexity index is 939. The molecule has 0 saturated heterocycles. The summed E-state index contributed by atoms with van der Waals surface area (Å²) in [5.41, 5.74) is -1.40. The van der Waals surface area contributed by atoms with E-state index in [1.807, 2.05) is 0 Å². The molecule has 2 rings (SSSR count). The van der Waals surface area contributed by atoms with Gasteiger partial charge in [-0.25, -0.2) is 4.79 Å². The number of carbonyl (C=O) groups is 2. The van der Waals surface area contributed by atoms with Gasteiger partial charge in [-0.2, -0.15) is 8.42 Å². The lowest BCUT2D eigenvalue weighted by atomic mass is 10.2. The Labute approximate surface area is 152 Å². The van der Waals surface area contributed by atoms with Gasteiger partial charge in [0.25, 0.3) is 21.7 Å². The molecule has 1 aromatic carbocycles. The molecule has 0 radical (unpaired) electrons. The summed E-state index contributed by atoms with van der Waals surface area (Å²) >= 11 is 0. The second-order valence-electron chi connectivity index (χ2n) is 5.33. The van der Waals surface area contributed by atoms with Crippen LogP contribution in [0.5, 0.6) is 0 Å². The van der Waals surface area contributed by atoms with Crippen LogP contribution in [0.2, 0.25) is 0 Å². The third-order valence-corrected chi connectivity index (χ3v) is 4.56. The van der Waals surface area contributed by atoms with Crippen molar-refractivity contribution in [3.63, 3.8) is 0 Å². The monoisotopic (exact) mass is 401 g/mol. The first kappa shape index (κ1) is 20.3. The van der Waals surface area contributed by atoms with Crippen LogP contribution in [0.4, 0.5) is 11.4 Å². The van der Waals surface area contributed by atoms with Gasteiger partial charge < -0.3 is 20.1 Å². The Morgan fingerprint density at radius 3 is 2.63 bits per heavy atom. The van der Waals surface area contributed by atoms with Gasteiger partial charge in [0.15, 0.2) is 0 Å². The Kier molecular flexibility index (Phi) is 5.78. The minimum atomic E-state index is -4.89. The molecule has 1 aromatic rings. The van der Waals surface area contributed by atoms with Crippen molar-refractivity contribution in [2.24, 2.45) is 0 Å². The molecular formula is C14H15N3O9S. The number of benzene rings is 1. The largest absolute Gasteiger partial charge is 0.466 e. The highest BCUT2D eigenvalue weighted by Crippen LogP contribution is 2.30. The van der Waals surface area contributed by atoms with Crippen molar-refractivity contribution in [1.29, 1.82) is 0 Å². The average Bonchev–Trinajstić information content (AvgIpc) is 2.90. The highest BCUT2D eigenvalue weighted by molar-refractivity contribution is 7.86. The summed E-state index contributed by atoms with van der Waals surface area (Å²) in [6.07, 6.45) is 0. The van der Waals surface area contributed by atoms with Gasteiger partial charge in [0.2, 0.25) is 0 Å². The third-order valence-electron chi connectivity index (χ3n) is 3.67. The number of hydrogen-bond acceptors (Lipinski definition) is 9. The molecule has 13 heteroatoms. The van der Waals surface area contributed by atoms with Gasteiger partial charge >= 0.3 is 5.97 Å². The summed E-state index contributed by atoms with van der Waals surface area (Å²) in [7, 11) is -3.80. The highest BCUT2D eigenvalue weighted by atomic mass is 32.2. The lowest BCUT2D eigenvalue weighted by molar-refractivity contribution is -0.385. The van der Waals surface area contributed by atoms with E-state index in [-0.39, 0.29) is 36.7 Å². The predicted molar refractivity (Wildman–Crippen MR) is 89.2 cm³/mol. The molecule has 1 amide bonds. The van der Waals surface area contributed by atoms with Crippen LogP contribution in [0.15, 0.2) is 34.4 Å². The van der Waals surface area contributed by atoms with E-state index < -0.39 is 37.5 Å². The Morgan fingerprint density at radius 2 is 2.11 bits per heavy atom. The molecule has 0 aliphatic carbocycles. The van der Waals surface area contributed by atoms with Crippen molar-refractivity contribution in [3.05, 3.63) is 39.6 Å². The van der Waals surface area contributed by atoms with Crippen LogP contribution in [0.1, 0.15) is 0 Å².